The summed E-state index contributed by atoms with van der Waals surface area (Å²) in [5.74, 6) is 7.13. The minimum Gasteiger partial charge on any atom is -0.0911 e. The Morgan fingerprint density at radius 3 is 2.00 bits per heavy atom. The van der Waals surface area contributed by atoms with E-state index in [9.17, 15) is 0 Å². The fourth-order valence-electron chi connectivity index (χ4n) is 4.01. The second-order valence-corrected chi connectivity index (χ2v) is 6.93. The lowest BCUT2D eigenvalue weighted by molar-refractivity contribution is 0.0243. The van der Waals surface area contributed by atoms with Crippen LogP contribution < -0.4 is 0 Å². The molecule has 3 aliphatic rings. The van der Waals surface area contributed by atoms with E-state index < -0.39 is 0 Å². The maximum absolute atomic E-state index is 3.67. The lowest BCUT2D eigenvalue weighted by Gasteiger charge is -2.51. The largest absolute Gasteiger partial charge is 0.0911 e. The van der Waals surface area contributed by atoms with Gasteiger partial charge in [-0.3, -0.25) is 0 Å². The first-order valence-electron chi connectivity index (χ1n) is 8.31. The van der Waals surface area contributed by atoms with Crippen LogP contribution in [-0.2, 0) is 6.42 Å². The lowest BCUT2D eigenvalue weighted by Crippen LogP contribution is -2.40. The minimum absolute atomic E-state index is 0.348. The number of hydrogen-bond donors (Lipinski definition) is 0. The van der Waals surface area contributed by atoms with E-state index in [4.69, 9.17) is 0 Å². The first-order valence-corrected chi connectivity index (χ1v) is 8.31. The molecule has 0 radical (unpaired) electrons. The maximum atomic E-state index is 3.67. The molecule has 3 fully saturated rings. The quantitative estimate of drug-likeness (QED) is 0.633. The van der Waals surface area contributed by atoms with Crippen LogP contribution in [0.25, 0.3) is 0 Å². The van der Waals surface area contributed by atoms with Crippen molar-refractivity contribution < 1.29 is 0 Å². The molecule has 3 saturated carbocycles. The summed E-state index contributed by atoms with van der Waals surface area (Å²) in [6, 6.07) is 8.80. The third-order valence-electron chi connectivity index (χ3n) is 5.99. The minimum atomic E-state index is 0.348. The molecule has 0 aromatic heterocycles. The van der Waals surface area contributed by atoms with Crippen LogP contribution in [0, 0.1) is 22.7 Å². The van der Waals surface area contributed by atoms with Crippen LogP contribution in [0.2, 0.25) is 0 Å². The van der Waals surface area contributed by atoms with Gasteiger partial charge in [0.05, 0.1) is 0 Å². The summed E-state index contributed by atoms with van der Waals surface area (Å²) in [6.45, 7) is 4.57. The van der Waals surface area contributed by atoms with Gasteiger partial charge in [0.15, 0.2) is 0 Å². The van der Waals surface area contributed by atoms with Gasteiger partial charge in [0.2, 0.25) is 0 Å². The SMILES string of the molecule is CCc1ccc(C#CC23CCC(CC)(CC2)CC3)cc1. The molecule has 0 heterocycles. The number of aryl methyl sites for hydroxylation is 1. The summed E-state index contributed by atoms with van der Waals surface area (Å²) in [5.41, 5.74) is 3.62. The highest BCUT2D eigenvalue weighted by molar-refractivity contribution is 5.38. The van der Waals surface area contributed by atoms with Crippen molar-refractivity contribution in [2.24, 2.45) is 10.8 Å². The Bertz CT molecular complexity index is 499. The number of hydrogen-bond acceptors (Lipinski definition) is 0. The molecular formula is C20H26. The monoisotopic (exact) mass is 266 g/mol. The number of fused-ring (bicyclic) bond motifs is 3. The lowest BCUT2D eigenvalue weighted by atomic mass is 9.53. The molecule has 0 heteroatoms. The first-order chi connectivity index (χ1) is 9.69. The summed E-state index contributed by atoms with van der Waals surface area (Å²) >= 11 is 0. The zero-order valence-corrected chi connectivity index (χ0v) is 13.0. The average molecular weight is 266 g/mol. The molecule has 1 aromatic rings. The molecule has 0 aliphatic heterocycles. The van der Waals surface area contributed by atoms with Gasteiger partial charge in [0.1, 0.15) is 0 Å². The third kappa shape index (κ3) is 2.51. The molecular weight excluding hydrogens is 240 g/mol. The van der Waals surface area contributed by atoms with Crippen molar-refractivity contribution in [3.63, 3.8) is 0 Å². The van der Waals surface area contributed by atoms with Crippen LogP contribution in [0.3, 0.4) is 0 Å². The Kier molecular flexibility index (Phi) is 3.63. The van der Waals surface area contributed by atoms with Crippen LogP contribution >= 0.6 is 0 Å². The average Bonchev–Trinajstić information content (AvgIpc) is 2.55. The Morgan fingerprint density at radius 2 is 1.50 bits per heavy atom. The molecule has 0 unspecified atom stereocenters. The van der Waals surface area contributed by atoms with Crippen molar-refractivity contribution in [2.45, 2.75) is 65.2 Å². The zero-order valence-electron chi connectivity index (χ0n) is 13.0. The van der Waals surface area contributed by atoms with Crippen LogP contribution in [0.4, 0.5) is 0 Å². The smallest absolute Gasteiger partial charge is 0.0319 e. The molecule has 0 N–H and O–H groups in total. The normalized spacial score (nSPS) is 31.7. The predicted octanol–water partition coefficient (Wildman–Crippen LogP) is 5.35. The maximum Gasteiger partial charge on any atom is 0.0319 e. The van der Waals surface area contributed by atoms with Crippen molar-refractivity contribution in [3.05, 3.63) is 35.4 Å². The van der Waals surface area contributed by atoms with Gasteiger partial charge in [-0.05, 0) is 68.1 Å². The predicted molar refractivity (Wildman–Crippen MR) is 85.6 cm³/mol. The van der Waals surface area contributed by atoms with Crippen molar-refractivity contribution in [1.82, 2.24) is 0 Å². The van der Waals surface area contributed by atoms with E-state index >= 15 is 0 Å². The summed E-state index contributed by atoms with van der Waals surface area (Å²) in [6.07, 6.45) is 10.7. The van der Waals surface area contributed by atoms with Crippen molar-refractivity contribution >= 4 is 0 Å². The first kappa shape index (κ1) is 13.7. The second kappa shape index (κ2) is 5.28. The van der Waals surface area contributed by atoms with Gasteiger partial charge in [-0.1, -0.05) is 44.2 Å². The third-order valence-corrected chi connectivity index (χ3v) is 5.99. The molecule has 2 bridgehead atoms. The van der Waals surface area contributed by atoms with Gasteiger partial charge in [0, 0.05) is 11.0 Å². The second-order valence-electron chi connectivity index (χ2n) is 6.93. The van der Waals surface area contributed by atoms with Gasteiger partial charge in [-0.2, -0.15) is 0 Å². The fourth-order valence-corrected chi connectivity index (χ4v) is 4.01. The molecule has 1 aromatic carbocycles. The van der Waals surface area contributed by atoms with Gasteiger partial charge in [-0.25, -0.2) is 0 Å². The van der Waals surface area contributed by atoms with E-state index in [1.165, 1.54) is 56.1 Å². The standard InChI is InChI=1S/C20H26/c1-3-17-5-7-18(8-6-17)9-10-20-14-11-19(4-2,12-15-20)13-16-20/h5-8H,3-4,11-16H2,1-2H3. The van der Waals surface area contributed by atoms with Gasteiger partial charge in [-0.15, -0.1) is 0 Å². The molecule has 106 valence electrons. The highest BCUT2D eigenvalue weighted by Crippen LogP contribution is 2.57. The summed E-state index contributed by atoms with van der Waals surface area (Å²) in [5, 5.41) is 0. The molecule has 0 amide bonds. The van der Waals surface area contributed by atoms with Crippen LogP contribution in [0.5, 0.6) is 0 Å². The van der Waals surface area contributed by atoms with Crippen molar-refractivity contribution in [1.29, 1.82) is 0 Å². The number of rotatable bonds is 2. The van der Waals surface area contributed by atoms with E-state index in [-0.39, 0.29) is 0 Å². The molecule has 0 atom stereocenters. The highest BCUT2D eigenvalue weighted by atomic mass is 14.5. The Balaban J connectivity index is 1.74. The summed E-state index contributed by atoms with van der Waals surface area (Å²) < 4.78 is 0. The van der Waals surface area contributed by atoms with Gasteiger partial charge >= 0.3 is 0 Å². The van der Waals surface area contributed by atoms with E-state index in [2.05, 4.69) is 50.0 Å². The zero-order chi connectivity index (χ0) is 14.1. The summed E-state index contributed by atoms with van der Waals surface area (Å²) in [7, 11) is 0. The van der Waals surface area contributed by atoms with Crippen LogP contribution in [0.15, 0.2) is 24.3 Å². The van der Waals surface area contributed by atoms with E-state index in [0.717, 1.165) is 6.42 Å². The van der Waals surface area contributed by atoms with E-state index in [1.807, 2.05) is 0 Å². The molecule has 0 saturated heterocycles. The number of benzene rings is 1. The Hall–Kier alpha value is -1.22. The molecule has 4 rings (SSSR count). The van der Waals surface area contributed by atoms with Gasteiger partial charge in [0.25, 0.3) is 0 Å². The van der Waals surface area contributed by atoms with Crippen molar-refractivity contribution in [2.75, 3.05) is 0 Å². The molecule has 0 spiro atoms. The molecule has 0 nitrogen and oxygen atoms in total. The van der Waals surface area contributed by atoms with Crippen molar-refractivity contribution in [3.8, 4) is 11.8 Å². The Morgan fingerprint density at radius 1 is 0.900 bits per heavy atom. The molecule has 20 heavy (non-hydrogen) atoms. The van der Waals surface area contributed by atoms with Crippen LogP contribution in [-0.4, -0.2) is 0 Å². The topological polar surface area (TPSA) is 0 Å². The highest BCUT2D eigenvalue weighted by Gasteiger charge is 2.46. The summed E-state index contributed by atoms with van der Waals surface area (Å²) in [4.78, 5) is 0. The molecule has 3 aliphatic carbocycles. The van der Waals surface area contributed by atoms with E-state index in [0.29, 0.717) is 10.8 Å². The Labute approximate surface area is 124 Å². The van der Waals surface area contributed by atoms with E-state index in [1.54, 1.807) is 0 Å². The van der Waals surface area contributed by atoms with Gasteiger partial charge < -0.3 is 0 Å². The fraction of sp³-hybridized carbons (Fsp3) is 0.600. The van der Waals surface area contributed by atoms with Crippen LogP contribution in [0.1, 0.15) is 69.9 Å².